The number of nitrogens with zero attached hydrogens (tertiary/aromatic N) is 1. The Morgan fingerprint density at radius 1 is 1.25 bits per heavy atom. The minimum Gasteiger partial charge on any atom is -0.480 e. The molecule has 2 rings (SSSR count). The maximum atomic E-state index is 12.3. The highest BCUT2D eigenvalue weighted by Gasteiger charge is 2.36. The molecule has 20 heavy (non-hydrogen) atoms. The van der Waals surface area contributed by atoms with Gasteiger partial charge in [-0.1, -0.05) is 11.6 Å². The lowest BCUT2D eigenvalue weighted by Crippen LogP contribution is -2.50. The third-order valence-electron chi connectivity index (χ3n) is 3.55. The number of hydrogen-bond acceptors (Lipinski definition) is 3. The maximum absolute atomic E-state index is 12.3. The first-order chi connectivity index (χ1) is 9.23. The Kier molecular flexibility index (Phi) is 3.29. The first-order valence-electron chi connectivity index (χ1n) is 6.25. The average Bonchev–Trinajstić information content (AvgIpc) is 2.79. The van der Waals surface area contributed by atoms with E-state index in [9.17, 15) is 9.59 Å². The molecule has 0 atom stereocenters. The number of carbonyl (C=O) groups excluding carboxylic acids is 1. The molecule has 0 bridgehead atoms. The maximum Gasteiger partial charge on any atom is 0.329 e. The van der Waals surface area contributed by atoms with E-state index in [2.05, 4.69) is 0 Å². The Morgan fingerprint density at radius 3 is 2.50 bits per heavy atom. The van der Waals surface area contributed by atoms with Gasteiger partial charge in [0.2, 0.25) is 0 Å². The van der Waals surface area contributed by atoms with Crippen LogP contribution < -0.4 is 0 Å². The highest BCUT2D eigenvalue weighted by molar-refractivity contribution is 5.98. The van der Waals surface area contributed by atoms with Gasteiger partial charge in [0.05, 0.1) is 0 Å². The summed E-state index contributed by atoms with van der Waals surface area (Å²) in [5.74, 6) is -1.38. The lowest BCUT2D eigenvalue weighted by molar-refractivity contribution is -0.147. The van der Waals surface area contributed by atoms with Gasteiger partial charge in [0.1, 0.15) is 11.1 Å². The lowest BCUT2D eigenvalue weighted by atomic mass is 10.0. The molecule has 106 valence electrons. The van der Waals surface area contributed by atoms with Gasteiger partial charge in [-0.2, -0.15) is 0 Å². The van der Waals surface area contributed by atoms with Crippen molar-refractivity contribution >= 4 is 22.8 Å². The molecule has 1 N–H and O–H groups in total. The van der Waals surface area contributed by atoms with Crippen molar-refractivity contribution in [2.45, 2.75) is 26.3 Å². The summed E-state index contributed by atoms with van der Waals surface area (Å²) in [7, 11) is 1.45. The van der Waals surface area contributed by atoms with Gasteiger partial charge in [-0.15, -0.1) is 0 Å². The van der Waals surface area contributed by atoms with E-state index in [1.807, 2.05) is 19.1 Å². The Hall–Kier alpha value is -2.30. The lowest BCUT2D eigenvalue weighted by Gasteiger charge is -2.30. The van der Waals surface area contributed by atoms with Crippen LogP contribution in [-0.4, -0.2) is 34.5 Å². The van der Waals surface area contributed by atoms with Crippen LogP contribution in [0.2, 0.25) is 0 Å². The van der Waals surface area contributed by atoms with Crippen LogP contribution in [0.4, 0.5) is 0 Å². The van der Waals surface area contributed by atoms with Crippen molar-refractivity contribution in [1.29, 1.82) is 0 Å². The monoisotopic (exact) mass is 275 g/mol. The summed E-state index contributed by atoms with van der Waals surface area (Å²) in [6.07, 6.45) is 0. The highest BCUT2D eigenvalue weighted by Crippen LogP contribution is 2.23. The van der Waals surface area contributed by atoms with Gasteiger partial charge < -0.3 is 14.4 Å². The molecular formula is C15H17NO4. The van der Waals surface area contributed by atoms with E-state index in [4.69, 9.17) is 9.52 Å². The summed E-state index contributed by atoms with van der Waals surface area (Å²) in [6, 6.07) is 7.24. The Morgan fingerprint density at radius 2 is 1.90 bits per heavy atom. The molecular weight excluding hydrogens is 258 g/mol. The summed E-state index contributed by atoms with van der Waals surface area (Å²) in [4.78, 5) is 24.7. The number of aliphatic carboxylic acids is 1. The van der Waals surface area contributed by atoms with Crippen LogP contribution in [-0.2, 0) is 4.79 Å². The zero-order valence-electron chi connectivity index (χ0n) is 11.9. The van der Waals surface area contributed by atoms with Crippen molar-refractivity contribution in [2.24, 2.45) is 0 Å². The molecule has 5 heteroatoms. The molecule has 0 saturated heterocycles. The van der Waals surface area contributed by atoms with Crippen molar-refractivity contribution in [2.75, 3.05) is 7.05 Å². The van der Waals surface area contributed by atoms with Crippen LogP contribution in [0.15, 0.2) is 28.7 Å². The van der Waals surface area contributed by atoms with Gasteiger partial charge >= 0.3 is 5.97 Å². The zero-order chi connectivity index (χ0) is 15.1. The molecule has 0 aliphatic carbocycles. The second kappa shape index (κ2) is 4.67. The quantitative estimate of drug-likeness (QED) is 0.934. The second-order valence-corrected chi connectivity index (χ2v) is 5.38. The van der Waals surface area contributed by atoms with E-state index >= 15 is 0 Å². The van der Waals surface area contributed by atoms with Gasteiger partial charge in [-0.3, -0.25) is 4.79 Å². The summed E-state index contributed by atoms with van der Waals surface area (Å²) < 4.78 is 5.50. The van der Waals surface area contributed by atoms with Crippen LogP contribution in [0.5, 0.6) is 0 Å². The number of carboxylic acids is 1. The summed E-state index contributed by atoms with van der Waals surface area (Å²) in [5, 5.41) is 9.99. The molecule has 1 amide bonds. The first kappa shape index (κ1) is 14.1. The van der Waals surface area contributed by atoms with Gasteiger partial charge in [0.15, 0.2) is 5.76 Å². The number of rotatable bonds is 3. The number of hydrogen-bond donors (Lipinski definition) is 1. The number of furan rings is 1. The number of fused-ring (bicyclic) bond motifs is 1. The van der Waals surface area contributed by atoms with E-state index in [1.165, 1.54) is 25.8 Å². The topological polar surface area (TPSA) is 70.8 Å². The summed E-state index contributed by atoms with van der Waals surface area (Å²) in [5.41, 5.74) is 0.378. The molecule has 0 aliphatic rings. The molecule has 0 saturated carbocycles. The minimum atomic E-state index is -1.30. The summed E-state index contributed by atoms with van der Waals surface area (Å²) >= 11 is 0. The number of amides is 1. The number of carboxylic acid groups (broad SMARTS) is 1. The van der Waals surface area contributed by atoms with Crippen molar-refractivity contribution < 1.29 is 19.1 Å². The molecule has 0 spiro atoms. The first-order valence-corrected chi connectivity index (χ1v) is 6.25. The number of carbonyl (C=O) groups is 2. The smallest absolute Gasteiger partial charge is 0.329 e. The minimum absolute atomic E-state index is 0.141. The van der Waals surface area contributed by atoms with Crippen LogP contribution >= 0.6 is 0 Å². The van der Waals surface area contributed by atoms with Gasteiger partial charge in [-0.25, -0.2) is 4.79 Å². The standard InChI is InChI=1S/C15H17NO4/c1-9-5-6-11-10(7-9)8-12(20-11)13(17)16(4)15(2,3)14(18)19/h5-8H,1-4H3,(H,18,19). The van der Waals surface area contributed by atoms with Gasteiger partial charge in [-0.05, 0) is 39.0 Å². The molecule has 5 nitrogen and oxygen atoms in total. The summed E-state index contributed by atoms with van der Waals surface area (Å²) in [6.45, 7) is 4.90. The third kappa shape index (κ3) is 2.27. The van der Waals surface area contributed by atoms with E-state index in [0.29, 0.717) is 5.58 Å². The largest absolute Gasteiger partial charge is 0.480 e. The third-order valence-corrected chi connectivity index (χ3v) is 3.55. The molecule has 1 aromatic carbocycles. The fraction of sp³-hybridized carbons (Fsp3) is 0.333. The Balaban J connectivity index is 2.38. The SMILES string of the molecule is Cc1ccc2oc(C(=O)N(C)C(C)(C)C(=O)O)cc2c1. The Labute approximate surface area is 116 Å². The van der Waals surface area contributed by atoms with Crippen LogP contribution in [0.1, 0.15) is 30.0 Å². The van der Waals surface area contributed by atoms with Crippen molar-refractivity contribution in [1.82, 2.24) is 4.90 Å². The van der Waals surface area contributed by atoms with Crippen LogP contribution in [0.25, 0.3) is 11.0 Å². The Bertz CT molecular complexity index is 684. The number of benzene rings is 1. The molecule has 0 fully saturated rings. The normalized spacial score (nSPS) is 11.6. The molecule has 0 unspecified atom stereocenters. The zero-order valence-corrected chi connectivity index (χ0v) is 11.9. The highest BCUT2D eigenvalue weighted by atomic mass is 16.4. The van der Waals surface area contributed by atoms with Crippen molar-refractivity contribution in [3.8, 4) is 0 Å². The van der Waals surface area contributed by atoms with Crippen molar-refractivity contribution in [3.05, 3.63) is 35.6 Å². The fourth-order valence-electron chi connectivity index (χ4n) is 1.83. The van der Waals surface area contributed by atoms with Gasteiger partial charge in [0.25, 0.3) is 5.91 Å². The average molecular weight is 275 g/mol. The van der Waals surface area contributed by atoms with E-state index in [1.54, 1.807) is 12.1 Å². The molecule has 1 heterocycles. The molecule has 2 aromatic rings. The fourth-order valence-corrected chi connectivity index (χ4v) is 1.83. The molecule has 1 aromatic heterocycles. The second-order valence-electron chi connectivity index (χ2n) is 5.38. The van der Waals surface area contributed by atoms with E-state index in [-0.39, 0.29) is 5.76 Å². The predicted octanol–water partition coefficient (Wildman–Crippen LogP) is 2.68. The predicted molar refractivity (Wildman–Crippen MR) is 74.8 cm³/mol. The number of aryl methyl sites for hydroxylation is 1. The van der Waals surface area contributed by atoms with Crippen LogP contribution in [0.3, 0.4) is 0 Å². The van der Waals surface area contributed by atoms with Gasteiger partial charge in [0, 0.05) is 12.4 Å². The number of likely N-dealkylation sites (N-methyl/N-ethyl adjacent to an activating group) is 1. The molecule has 0 aliphatic heterocycles. The van der Waals surface area contributed by atoms with Crippen molar-refractivity contribution in [3.63, 3.8) is 0 Å². The van der Waals surface area contributed by atoms with Crippen LogP contribution in [0, 0.1) is 6.92 Å². The van der Waals surface area contributed by atoms with E-state index < -0.39 is 17.4 Å². The molecule has 0 radical (unpaired) electrons. The van der Waals surface area contributed by atoms with E-state index in [0.717, 1.165) is 10.9 Å².